The summed E-state index contributed by atoms with van der Waals surface area (Å²) in [5, 5.41) is 0. The molecule has 4 rings (SSSR count). The van der Waals surface area contributed by atoms with Crippen LogP contribution in [0, 0.1) is 5.82 Å². The Hall–Kier alpha value is -3.87. The zero-order valence-electron chi connectivity index (χ0n) is 15.4. The fourth-order valence-electron chi connectivity index (χ4n) is 2.75. The third kappa shape index (κ3) is 4.19. The van der Waals surface area contributed by atoms with Crippen molar-refractivity contribution in [1.29, 1.82) is 0 Å². The minimum absolute atomic E-state index is 0.119. The lowest BCUT2D eigenvalue weighted by Crippen LogP contribution is -2.04. The number of cyclic esters (lactones) is 1. The molecule has 0 unspecified atom stereocenters. The normalized spacial score (nSPS) is 14.6. The molecule has 0 fully saturated rings. The summed E-state index contributed by atoms with van der Waals surface area (Å²) in [6, 6.07) is 14.7. The molecule has 6 nitrogen and oxygen atoms in total. The van der Waals surface area contributed by atoms with E-state index < -0.39 is 5.97 Å². The van der Waals surface area contributed by atoms with Gasteiger partial charge in [0.15, 0.2) is 23.0 Å². The molecule has 0 aliphatic carbocycles. The number of furan rings is 1. The zero-order valence-corrected chi connectivity index (χ0v) is 15.4. The van der Waals surface area contributed by atoms with Gasteiger partial charge in [-0.1, -0.05) is 18.2 Å². The van der Waals surface area contributed by atoms with Crippen molar-refractivity contribution in [2.24, 2.45) is 4.99 Å². The van der Waals surface area contributed by atoms with Gasteiger partial charge in [-0.2, -0.15) is 0 Å². The molecule has 0 radical (unpaired) electrons. The van der Waals surface area contributed by atoms with E-state index in [0.29, 0.717) is 28.4 Å². The minimum atomic E-state index is -0.568. The highest BCUT2D eigenvalue weighted by Gasteiger charge is 2.25. The molecule has 0 saturated heterocycles. The van der Waals surface area contributed by atoms with Crippen LogP contribution in [0.4, 0.5) is 4.39 Å². The van der Waals surface area contributed by atoms with Gasteiger partial charge in [-0.3, -0.25) is 0 Å². The van der Waals surface area contributed by atoms with Gasteiger partial charge in [0.1, 0.15) is 12.4 Å². The Morgan fingerprint density at radius 2 is 2.00 bits per heavy atom. The molecule has 0 atom stereocenters. The molecule has 3 aromatic rings. The van der Waals surface area contributed by atoms with Crippen LogP contribution in [0.15, 0.2) is 76.0 Å². The number of nitrogens with zero attached hydrogens (tertiary/aromatic N) is 1. The quantitative estimate of drug-likeness (QED) is 0.460. The van der Waals surface area contributed by atoms with Crippen molar-refractivity contribution in [3.63, 3.8) is 0 Å². The third-order valence-electron chi connectivity index (χ3n) is 4.13. The van der Waals surface area contributed by atoms with E-state index in [1.807, 2.05) is 0 Å². The summed E-state index contributed by atoms with van der Waals surface area (Å²) in [7, 11) is 1.51. The van der Waals surface area contributed by atoms with Crippen molar-refractivity contribution < 1.29 is 27.8 Å². The van der Waals surface area contributed by atoms with E-state index in [9.17, 15) is 9.18 Å². The molecule has 2 heterocycles. The average molecular weight is 393 g/mol. The maximum absolute atomic E-state index is 13.3. The maximum atomic E-state index is 13.3. The predicted molar refractivity (Wildman–Crippen MR) is 103 cm³/mol. The molecule has 1 aliphatic heterocycles. The van der Waals surface area contributed by atoms with E-state index >= 15 is 0 Å². The number of hydrogen-bond acceptors (Lipinski definition) is 6. The number of esters is 1. The van der Waals surface area contributed by atoms with E-state index in [2.05, 4.69) is 4.99 Å². The van der Waals surface area contributed by atoms with Crippen molar-refractivity contribution in [2.45, 2.75) is 6.61 Å². The summed E-state index contributed by atoms with van der Waals surface area (Å²) in [6.07, 6.45) is 3.05. The molecule has 0 spiro atoms. The molecule has 146 valence electrons. The lowest BCUT2D eigenvalue weighted by Gasteiger charge is -2.11. The molecule has 7 heteroatoms. The van der Waals surface area contributed by atoms with Crippen molar-refractivity contribution >= 4 is 17.9 Å². The Kier molecular flexibility index (Phi) is 5.11. The first-order chi connectivity index (χ1) is 14.1. The topological polar surface area (TPSA) is 70.3 Å². The summed E-state index contributed by atoms with van der Waals surface area (Å²) in [6.45, 7) is 0.192. The molecule has 29 heavy (non-hydrogen) atoms. The fraction of sp³-hybridized carbons (Fsp3) is 0.0909. The van der Waals surface area contributed by atoms with E-state index in [1.54, 1.807) is 48.5 Å². The van der Waals surface area contributed by atoms with Crippen molar-refractivity contribution in [3.8, 4) is 11.5 Å². The highest BCUT2D eigenvalue weighted by Crippen LogP contribution is 2.30. The van der Waals surface area contributed by atoms with Crippen LogP contribution in [0.5, 0.6) is 11.5 Å². The summed E-state index contributed by atoms with van der Waals surface area (Å²) in [5.41, 5.74) is 1.52. The van der Waals surface area contributed by atoms with Gasteiger partial charge < -0.3 is 18.6 Å². The average Bonchev–Trinajstić information content (AvgIpc) is 3.37. The molecule has 0 bridgehead atoms. The predicted octanol–water partition coefficient (Wildman–Crippen LogP) is 4.35. The molecule has 0 N–H and O–H groups in total. The molecule has 0 amide bonds. The Balaban J connectivity index is 1.53. The SMILES string of the molecule is COc1cc(/C=C2/N=C(c3ccco3)OC2=O)ccc1OCc1cccc(F)c1. The van der Waals surface area contributed by atoms with Gasteiger partial charge in [-0.25, -0.2) is 14.2 Å². The largest absolute Gasteiger partial charge is 0.493 e. The second-order valence-electron chi connectivity index (χ2n) is 6.14. The van der Waals surface area contributed by atoms with Crippen LogP contribution in [-0.2, 0) is 16.1 Å². The maximum Gasteiger partial charge on any atom is 0.363 e. The Morgan fingerprint density at radius 3 is 2.76 bits per heavy atom. The van der Waals surface area contributed by atoms with Crippen molar-refractivity contribution in [1.82, 2.24) is 0 Å². The number of ether oxygens (including phenoxy) is 3. The van der Waals surface area contributed by atoms with Gasteiger partial charge in [-0.15, -0.1) is 0 Å². The van der Waals surface area contributed by atoms with Crippen LogP contribution < -0.4 is 9.47 Å². The number of hydrogen-bond donors (Lipinski definition) is 0. The fourth-order valence-corrected chi connectivity index (χ4v) is 2.75. The first-order valence-electron chi connectivity index (χ1n) is 8.74. The summed E-state index contributed by atoms with van der Waals surface area (Å²) in [4.78, 5) is 16.2. The van der Waals surface area contributed by atoms with Gasteiger partial charge in [0.05, 0.1) is 13.4 Å². The summed E-state index contributed by atoms with van der Waals surface area (Å²) < 4.78 is 34.7. The van der Waals surface area contributed by atoms with Crippen LogP contribution in [0.25, 0.3) is 6.08 Å². The smallest absolute Gasteiger partial charge is 0.363 e. The molecular formula is C22H16FNO5. The number of rotatable bonds is 6. The van der Waals surface area contributed by atoms with Crippen molar-refractivity contribution in [2.75, 3.05) is 7.11 Å². The lowest BCUT2D eigenvalue weighted by molar-refractivity contribution is -0.130. The van der Waals surface area contributed by atoms with Crippen LogP contribution in [0.2, 0.25) is 0 Å². The van der Waals surface area contributed by atoms with Gasteiger partial charge in [-0.05, 0) is 53.6 Å². The number of halogens is 1. The number of aliphatic imine (C=N–C) groups is 1. The van der Waals surface area contributed by atoms with Crippen LogP contribution in [0.3, 0.4) is 0 Å². The lowest BCUT2D eigenvalue weighted by atomic mass is 10.1. The van der Waals surface area contributed by atoms with E-state index in [0.717, 1.165) is 0 Å². The third-order valence-corrected chi connectivity index (χ3v) is 4.13. The summed E-state index contributed by atoms with van der Waals surface area (Å²) in [5.74, 6) is 0.568. The molecular weight excluding hydrogens is 377 g/mol. The van der Waals surface area contributed by atoms with Crippen molar-refractivity contribution in [3.05, 3.63) is 89.3 Å². The minimum Gasteiger partial charge on any atom is -0.493 e. The first-order valence-corrected chi connectivity index (χ1v) is 8.74. The molecule has 2 aromatic carbocycles. The molecule has 1 aromatic heterocycles. The van der Waals surface area contributed by atoms with Gasteiger partial charge >= 0.3 is 5.97 Å². The molecule has 0 saturated carbocycles. The van der Waals surface area contributed by atoms with Gasteiger partial charge in [0, 0.05) is 0 Å². The van der Waals surface area contributed by atoms with E-state index in [1.165, 1.54) is 25.5 Å². The number of methoxy groups -OCH3 is 1. The van der Waals surface area contributed by atoms with Crippen LogP contribution in [-0.4, -0.2) is 19.0 Å². The monoisotopic (exact) mass is 393 g/mol. The second kappa shape index (κ2) is 8.02. The Morgan fingerprint density at radius 1 is 1.10 bits per heavy atom. The highest BCUT2D eigenvalue weighted by molar-refractivity contribution is 6.11. The van der Waals surface area contributed by atoms with Crippen LogP contribution >= 0.6 is 0 Å². The zero-order chi connectivity index (χ0) is 20.2. The van der Waals surface area contributed by atoms with Gasteiger partial charge in [0.25, 0.3) is 5.90 Å². The standard InChI is InChI=1S/C22H16FNO5/c1-26-20-12-14(7-8-18(20)28-13-15-4-2-5-16(23)10-15)11-17-22(25)29-21(24-17)19-6-3-9-27-19/h2-12H,13H2,1H3/b17-11+. The number of benzene rings is 2. The second-order valence-corrected chi connectivity index (χ2v) is 6.14. The number of carbonyl (C=O) groups excluding carboxylic acids is 1. The highest BCUT2D eigenvalue weighted by atomic mass is 19.1. The van der Waals surface area contributed by atoms with E-state index in [-0.39, 0.29) is 24.0 Å². The van der Waals surface area contributed by atoms with Gasteiger partial charge in [0.2, 0.25) is 0 Å². The molecule has 1 aliphatic rings. The summed E-state index contributed by atoms with van der Waals surface area (Å²) >= 11 is 0. The van der Waals surface area contributed by atoms with E-state index in [4.69, 9.17) is 18.6 Å². The number of carbonyl (C=O) groups is 1. The van der Waals surface area contributed by atoms with Crippen LogP contribution in [0.1, 0.15) is 16.9 Å². The first kappa shape index (κ1) is 18.5. The Bertz CT molecular complexity index is 1100. The Labute approximate surface area is 165 Å².